The number of nitrogens with one attached hydrogen (secondary N) is 2. The second-order valence-electron chi connectivity index (χ2n) is 5.98. The first-order valence-electron chi connectivity index (χ1n) is 8.08. The van der Waals surface area contributed by atoms with Crippen LogP contribution < -0.4 is 20.1 Å². The molecule has 1 aliphatic heterocycles. The Morgan fingerprint density at radius 2 is 1.71 bits per heavy atom. The third kappa shape index (κ3) is 3.45. The number of hydrogen-bond acceptors (Lipinski definition) is 4. The number of para-hydroxylation sites is 1. The van der Waals surface area contributed by atoms with Gasteiger partial charge in [0, 0.05) is 17.4 Å². The van der Waals surface area contributed by atoms with Gasteiger partial charge in [-0.2, -0.15) is 0 Å². The first-order valence-corrected chi connectivity index (χ1v) is 8.08. The van der Waals surface area contributed by atoms with Crippen LogP contribution in [0.4, 0.5) is 11.4 Å². The quantitative estimate of drug-likeness (QED) is 0.902. The lowest BCUT2D eigenvalue weighted by molar-refractivity contribution is -0.116. The lowest BCUT2D eigenvalue weighted by Gasteiger charge is -2.21. The minimum absolute atomic E-state index is 0.0812. The van der Waals surface area contributed by atoms with Gasteiger partial charge in [-0.1, -0.05) is 18.2 Å². The zero-order chi connectivity index (χ0) is 17.1. The van der Waals surface area contributed by atoms with Crippen LogP contribution in [0.2, 0.25) is 0 Å². The summed E-state index contributed by atoms with van der Waals surface area (Å²) in [7, 11) is 0. The van der Waals surface area contributed by atoms with E-state index in [2.05, 4.69) is 10.6 Å². The fraction of sp³-hybridized carbons (Fsp3) is 0.316. The number of carbonyl (C=O) groups is 1. The van der Waals surface area contributed by atoms with Gasteiger partial charge in [0.15, 0.2) is 11.5 Å². The molecule has 0 radical (unpaired) electrons. The minimum atomic E-state index is -0.383. The van der Waals surface area contributed by atoms with Crippen LogP contribution in [0.15, 0.2) is 36.4 Å². The molecular weight excluding hydrogens is 304 g/mol. The predicted molar refractivity (Wildman–Crippen MR) is 95.1 cm³/mol. The third-order valence-corrected chi connectivity index (χ3v) is 4.05. The van der Waals surface area contributed by atoms with Gasteiger partial charge in [-0.05, 0) is 44.0 Å². The fourth-order valence-corrected chi connectivity index (χ4v) is 2.69. The molecule has 1 heterocycles. The van der Waals surface area contributed by atoms with Gasteiger partial charge in [-0.15, -0.1) is 0 Å². The monoisotopic (exact) mass is 326 g/mol. The van der Waals surface area contributed by atoms with E-state index in [9.17, 15) is 4.79 Å². The van der Waals surface area contributed by atoms with Crippen molar-refractivity contribution in [2.24, 2.45) is 0 Å². The molecule has 2 N–H and O–H groups in total. The summed E-state index contributed by atoms with van der Waals surface area (Å²) in [4.78, 5) is 12.5. The molecule has 24 heavy (non-hydrogen) atoms. The molecule has 0 saturated carbocycles. The standard InChI is InChI=1S/C19H22N2O3/c1-12-5-4-6-13(2)18(12)21-19(22)14(3)20-15-7-8-16-17(11-15)24-10-9-23-16/h4-8,11,14,20H,9-10H2,1-3H3,(H,21,22). The summed E-state index contributed by atoms with van der Waals surface area (Å²) in [6.45, 7) is 6.91. The molecule has 5 heteroatoms. The van der Waals surface area contributed by atoms with Crippen molar-refractivity contribution < 1.29 is 14.3 Å². The molecule has 3 rings (SSSR count). The molecular formula is C19H22N2O3. The summed E-state index contributed by atoms with van der Waals surface area (Å²) >= 11 is 0. The average Bonchev–Trinajstić information content (AvgIpc) is 2.58. The highest BCUT2D eigenvalue weighted by atomic mass is 16.6. The molecule has 0 aliphatic carbocycles. The van der Waals surface area contributed by atoms with Crippen molar-refractivity contribution in [3.05, 3.63) is 47.5 Å². The molecule has 2 aromatic carbocycles. The summed E-state index contributed by atoms with van der Waals surface area (Å²) in [6, 6.07) is 11.2. The van der Waals surface area contributed by atoms with Crippen LogP contribution in [0.25, 0.3) is 0 Å². The fourth-order valence-electron chi connectivity index (χ4n) is 2.69. The molecule has 1 aliphatic rings. The van der Waals surface area contributed by atoms with E-state index in [1.807, 2.05) is 57.2 Å². The molecule has 1 amide bonds. The highest BCUT2D eigenvalue weighted by Gasteiger charge is 2.17. The van der Waals surface area contributed by atoms with E-state index in [1.54, 1.807) is 0 Å². The van der Waals surface area contributed by atoms with Crippen molar-refractivity contribution in [1.82, 2.24) is 0 Å². The van der Waals surface area contributed by atoms with E-state index >= 15 is 0 Å². The first kappa shape index (κ1) is 16.2. The number of benzene rings is 2. The number of aryl methyl sites for hydroxylation is 2. The predicted octanol–water partition coefficient (Wildman–Crippen LogP) is 3.51. The average molecular weight is 326 g/mol. The Labute approximate surface area is 142 Å². The zero-order valence-electron chi connectivity index (χ0n) is 14.2. The van der Waals surface area contributed by atoms with Gasteiger partial charge in [0.25, 0.3) is 0 Å². The maximum atomic E-state index is 12.5. The maximum absolute atomic E-state index is 12.5. The Bertz CT molecular complexity index is 738. The molecule has 126 valence electrons. The van der Waals surface area contributed by atoms with Gasteiger partial charge in [-0.3, -0.25) is 4.79 Å². The smallest absolute Gasteiger partial charge is 0.246 e. The third-order valence-electron chi connectivity index (χ3n) is 4.05. The molecule has 0 saturated heterocycles. The Balaban J connectivity index is 1.68. The normalized spacial score (nSPS) is 14.0. The Morgan fingerprint density at radius 3 is 2.42 bits per heavy atom. The Hall–Kier alpha value is -2.69. The van der Waals surface area contributed by atoms with Crippen molar-refractivity contribution in [2.45, 2.75) is 26.8 Å². The van der Waals surface area contributed by atoms with Crippen LogP contribution >= 0.6 is 0 Å². The van der Waals surface area contributed by atoms with E-state index in [-0.39, 0.29) is 11.9 Å². The highest BCUT2D eigenvalue weighted by Crippen LogP contribution is 2.32. The maximum Gasteiger partial charge on any atom is 0.246 e. The number of amides is 1. The number of anilines is 2. The highest BCUT2D eigenvalue weighted by molar-refractivity contribution is 5.97. The van der Waals surface area contributed by atoms with Crippen LogP contribution in [-0.2, 0) is 4.79 Å². The van der Waals surface area contributed by atoms with Crippen LogP contribution in [0, 0.1) is 13.8 Å². The summed E-state index contributed by atoms with van der Waals surface area (Å²) in [5, 5.41) is 6.21. The minimum Gasteiger partial charge on any atom is -0.486 e. The molecule has 1 atom stereocenters. The van der Waals surface area contributed by atoms with E-state index in [4.69, 9.17) is 9.47 Å². The second kappa shape index (κ2) is 6.83. The van der Waals surface area contributed by atoms with Gasteiger partial charge in [0.05, 0.1) is 0 Å². The van der Waals surface area contributed by atoms with Gasteiger partial charge in [0.1, 0.15) is 19.3 Å². The zero-order valence-corrected chi connectivity index (χ0v) is 14.2. The Kier molecular flexibility index (Phi) is 4.60. The van der Waals surface area contributed by atoms with Gasteiger partial charge in [0.2, 0.25) is 5.91 Å². The van der Waals surface area contributed by atoms with Crippen LogP contribution in [-0.4, -0.2) is 25.2 Å². The number of fused-ring (bicyclic) bond motifs is 1. The Morgan fingerprint density at radius 1 is 1.04 bits per heavy atom. The summed E-state index contributed by atoms with van der Waals surface area (Å²) in [5.74, 6) is 1.36. The lowest BCUT2D eigenvalue weighted by Crippen LogP contribution is -2.32. The van der Waals surface area contributed by atoms with Crippen molar-refractivity contribution in [3.8, 4) is 11.5 Å². The second-order valence-corrected chi connectivity index (χ2v) is 5.98. The molecule has 0 fully saturated rings. The van der Waals surface area contributed by atoms with Crippen molar-refractivity contribution in [1.29, 1.82) is 0 Å². The topological polar surface area (TPSA) is 59.6 Å². The SMILES string of the molecule is Cc1cccc(C)c1NC(=O)C(C)Nc1ccc2c(c1)OCCO2. The van der Waals surface area contributed by atoms with E-state index in [0.29, 0.717) is 19.0 Å². The van der Waals surface area contributed by atoms with Crippen LogP contribution in [0.1, 0.15) is 18.1 Å². The summed E-state index contributed by atoms with van der Waals surface area (Å²) in [5.41, 5.74) is 3.80. The molecule has 0 aromatic heterocycles. The summed E-state index contributed by atoms with van der Waals surface area (Å²) < 4.78 is 11.1. The van der Waals surface area contributed by atoms with E-state index in [1.165, 1.54) is 0 Å². The van der Waals surface area contributed by atoms with Crippen molar-refractivity contribution in [3.63, 3.8) is 0 Å². The number of carbonyl (C=O) groups excluding carboxylic acids is 1. The number of hydrogen-bond donors (Lipinski definition) is 2. The van der Waals surface area contributed by atoms with Gasteiger partial charge in [-0.25, -0.2) is 0 Å². The largest absolute Gasteiger partial charge is 0.486 e. The molecule has 1 unspecified atom stereocenters. The van der Waals surface area contributed by atoms with Crippen LogP contribution in [0.3, 0.4) is 0 Å². The number of rotatable bonds is 4. The number of ether oxygens (including phenoxy) is 2. The van der Waals surface area contributed by atoms with Gasteiger partial charge < -0.3 is 20.1 Å². The van der Waals surface area contributed by atoms with E-state index in [0.717, 1.165) is 28.3 Å². The van der Waals surface area contributed by atoms with E-state index < -0.39 is 0 Å². The van der Waals surface area contributed by atoms with Crippen molar-refractivity contribution >= 4 is 17.3 Å². The van der Waals surface area contributed by atoms with Crippen LogP contribution in [0.5, 0.6) is 11.5 Å². The molecule has 0 bridgehead atoms. The molecule has 2 aromatic rings. The molecule has 0 spiro atoms. The summed E-state index contributed by atoms with van der Waals surface area (Å²) in [6.07, 6.45) is 0. The lowest BCUT2D eigenvalue weighted by atomic mass is 10.1. The molecule has 5 nitrogen and oxygen atoms in total. The van der Waals surface area contributed by atoms with Gasteiger partial charge >= 0.3 is 0 Å². The van der Waals surface area contributed by atoms with Crippen molar-refractivity contribution in [2.75, 3.05) is 23.8 Å². The first-order chi connectivity index (χ1) is 11.5.